The average Bonchev–Trinajstić information content (AvgIpc) is 2.90. The monoisotopic (exact) mass is 474 g/mol. The topological polar surface area (TPSA) is 24.7 Å². The summed E-state index contributed by atoms with van der Waals surface area (Å²) >= 11 is 0. The lowest BCUT2D eigenvalue weighted by Gasteiger charge is -2.09. The molecule has 4 heteroatoms. The fourth-order valence-corrected chi connectivity index (χ4v) is 3.64. The summed E-state index contributed by atoms with van der Waals surface area (Å²) < 4.78 is 0. The minimum absolute atomic E-state index is 0.232. The number of hydrogen-bond acceptors (Lipinski definition) is 2. The molecule has 0 spiro atoms. The van der Waals surface area contributed by atoms with Gasteiger partial charge in [-0.3, -0.25) is 0 Å². The molecule has 0 aromatic heterocycles. The van der Waals surface area contributed by atoms with E-state index < -0.39 is 0 Å². The van der Waals surface area contributed by atoms with E-state index in [1.165, 1.54) is 0 Å². The van der Waals surface area contributed by atoms with Crippen molar-refractivity contribution in [2.24, 2.45) is 9.81 Å². The van der Waals surface area contributed by atoms with Crippen LogP contribution in [0.5, 0.6) is 0 Å². The van der Waals surface area contributed by atoms with Crippen LogP contribution in [0.15, 0.2) is 146 Å². The van der Waals surface area contributed by atoms with Crippen molar-refractivity contribution >= 4 is 25.1 Å². The second-order valence-electron chi connectivity index (χ2n) is 8.27. The van der Waals surface area contributed by atoms with Gasteiger partial charge in [0.15, 0.2) is 0 Å². The predicted octanol–water partition coefficient (Wildman–Crippen LogP) is 8.83. The fraction of sp³-hybridized carbons (Fsp3) is 0.188. The summed E-state index contributed by atoms with van der Waals surface area (Å²) in [6.45, 7) is 23.2. The summed E-state index contributed by atoms with van der Waals surface area (Å²) in [6.07, 6.45) is 16.5. The molecule has 0 saturated heterocycles. The lowest BCUT2D eigenvalue weighted by molar-refractivity contribution is 1.39. The predicted molar refractivity (Wildman–Crippen MR) is 167 cm³/mol. The first-order chi connectivity index (χ1) is 17.6. The minimum atomic E-state index is 0.232. The van der Waals surface area contributed by atoms with Gasteiger partial charge in [-0.15, -0.1) is 39.5 Å². The molecule has 0 aliphatic heterocycles. The van der Waals surface area contributed by atoms with Gasteiger partial charge in [0.1, 0.15) is 0 Å². The zero-order valence-corrected chi connectivity index (χ0v) is 21.8. The maximum Gasteiger partial charge on any atom is 0.287 e. The largest absolute Gasteiger partial charge is 0.344 e. The highest BCUT2D eigenvalue weighted by molar-refractivity contribution is 6.60. The summed E-state index contributed by atoms with van der Waals surface area (Å²) in [7, 11) is 0. The highest BCUT2D eigenvalue weighted by Gasteiger charge is 2.12. The Bertz CT molecular complexity index is 903. The van der Waals surface area contributed by atoms with E-state index >= 15 is 0 Å². The molecule has 0 bridgehead atoms. The number of allylic oxidation sites excluding steroid dienone is 6. The molecule has 0 radical (unpaired) electrons. The van der Waals surface area contributed by atoms with Gasteiger partial charge in [-0.2, -0.15) is 0 Å². The molecule has 0 heterocycles. The van der Waals surface area contributed by atoms with Crippen LogP contribution >= 0.6 is 0 Å². The molecule has 36 heavy (non-hydrogen) atoms. The summed E-state index contributed by atoms with van der Waals surface area (Å²) in [6, 6.07) is 20.5. The fourth-order valence-electron chi connectivity index (χ4n) is 3.64. The Morgan fingerprint density at radius 2 is 0.806 bits per heavy atom. The molecule has 0 aliphatic carbocycles. The van der Waals surface area contributed by atoms with Crippen molar-refractivity contribution in [3.8, 4) is 0 Å². The molecule has 0 atom stereocenters. The van der Waals surface area contributed by atoms with Gasteiger partial charge in [0.05, 0.1) is 0 Å². The molecule has 2 aromatic rings. The van der Waals surface area contributed by atoms with Crippen LogP contribution in [0.4, 0.5) is 0 Å². The van der Waals surface area contributed by atoms with E-state index in [4.69, 9.17) is 9.81 Å². The Hall–Kier alpha value is -3.65. The normalized spacial score (nSPS) is 10.8. The summed E-state index contributed by atoms with van der Waals surface area (Å²) in [4.78, 5) is 9.64. The van der Waals surface area contributed by atoms with E-state index in [1.807, 2.05) is 72.9 Å². The van der Waals surface area contributed by atoms with Crippen LogP contribution in [0.25, 0.3) is 0 Å². The third-order valence-electron chi connectivity index (χ3n) is 5.32. The molecule has 2 rings (SSSR count). The van der Waals surface area contributed by atoms with E-state index in [9.17, 15) is 0 Å². The highest BCUT2D eigenvalue weighted by Crippen LogP contribution is 2.12. The number of hydrogen-bond donors (Lipinski definition) is 0. The van der Waals surface area contributed by atoms with E-state index in [2.05, 4.69) is 63.7 Å². The van der Waals surface area contributed by atoms with E-state index in [1.54, 1.807) is 0 Å². The number of rotatable bonds is 16. The van der Waals surface area contributed by atoms with Crippen LogP contribution in [0.3, 0.4) is 0 Å². The SMILES string of the molecule is C=CCB(CC=C)/N=C(\CC=C)c1ccccc1.C=CCB(CC=C)/N=C(\CC=C)c1ccccc1. The molecule has 0 N–H and O–H groups in total. The molecule has 0 amide bonds. The van der Waals surface area contributed by atoms with E-state index in [0.29, 0.717) is 0 Å². The molecule has 0 saturated carbocycles. The van der Waals surface area contributed by atoms with Crippen molar-refractivity contribution in [3.63, 3.8) is 0 Å². The summed E-state index contributed by atoms with van der Waals surface area (Å²) in [5.41, 5.74) is 4.49. The van der Waals surface area contributed by atoms with Crippen LogP contribution in [0, 0.1) is 0 Å². The maximum atomic E-state index is 4.82. The van der Waals surface area contributed by atoms with Crippen molar-refractivity contribution in [2.45, 2.75) is 38.1 Å². The molecule has 0 fully saturated rings. The molecule has 2 nitrogen and oxygen atoms in total. The Balaban J connectivity index is 0.000000360. The Morgan fingerprint density at radius 3 is 1.06 bits per heavy atom. The van der Waals surface area contributed by atoms with Gasteiger partial charge < -0.3 is 9.81 Å². The van der Waals surface area contributed by atoms with Crippen molar-refractivity contribution in [2.75, 3.05) is 0 Å². The summed E-state index contributed by atoms with van der Waals surface area (Å²) in [5, 5.41) is 0. The third-order valence-corrected chi connectivity index (χ3v) is 5.32. The van der Waals surface area contributed by atoms with Gasteiger partial charge in [0.2, 0.25) is 0 Å². The van der Waals surface area contributed by atoms with Gasteiger partial charge in [0, 0.05) is 24.3 Å². The van der Waals surface area contributed by atoms with Gasteiger partial charge >= 0.3 is 0 Å². The Labute approximate surface area is 220 Å². The Kier molecular flexibility index (Phi) is 16.6. The van der Waals surface area contributed by atoms with Gasteiger partial charge in [0.25, 0.3) is 13.7 Å². The number of benzene rings is 2. The van der Waals surface area contributed by atoms with Crippen molar-refractivity contribution < 1.29 is 0 Å². The summed E-state index contributed by atoms with van der Waals surface area (Å²) in [5.74, 6) is 0. The van der Waals surface area contributed by atoms with Crippen LogP contribution in [0.1, 0.15) is 24.0 Å². The molecule has 0 aliphatic rings. The first kappa shape index (κ1) is 30.4. The Morgan fingerprint density at radius 1 is 0.500 bits per heavy atom. The van der Waals surface area contributed by atoms with Gasteiger partial charge in [-0.25, -0.2) is 0 Å². The van der Waals surface area contributed by atoms with E-state index in [0.717, 1.165) is 60.7 Å². The van der Waals surface area contributed by atoms with Crippen LogP contribution in [0.2, 0.25) is 25.3 Å². The second-order valence-corrected chi connectivity index (χ2v) is 8.27. The lowest BCUT2D eigenvalue weighted by Crippen LogP contribution is -2.12. The first-order valence-corrected chi connectivity index (χ1v) is 12.5. The molecular formula is C32H40B2N2. The standard InChI is InChI=1S/2C16H20BN/c2*1-4-10-16(15-11-8-7-9-12-15)18-17(13-5-2)14-6-3/h2*4-9,11-12H,1-3,10,13-14H2/b2*18-16+. The third kappa shape index (κ3) is 12.2. The van der Waals surface area contributed by atoms with Crippen LogP contribution in [-0.2, 0) is 0 Å². The smallest absolute Gasteiger partial charge is 0.287 e. The molecular weight excluding hydrogens is 434 g/mol. The quantitative estimate of drug-likeness (QED) is 0.132. The van der Waals surface area contributed by atoms with Gasteiger partial charge in [-0.05, 0) is 36.4 Å². The van der Waals surface area contributed by atoms with Crippen LogP contribution < -0.4 is 0 Å². The number of nitrogens with zero attached hydrogens (tertiary/aromatic N) is 2. The second kappa shape index (κ2) is 19.6. The zero-order chi connectivity index (χ0) is 26.4. The molecule has 184 valence electrons. The highest BCUT2D eigenvalue weighted by atomic mass is 14.7. The molecule has 2 aromatic carbocycles. The maximum absolute atomic E-state index is 4.82. The van der Waals surface area contributed by atoms with Crippen LogP contribution in [-0.4, -0.2) is 25.1 Å². The van der Waals surface area contributed by atoms with Crippen molar-refractivity contribution in [1.82, 2.24) is 0 Å². The zero-order valence-electron chi connectivity index (χ0n) is 21.8. The first-order valence-electron chi connectivity index (χ1n) is 12.5. The lowest BCUT2D eigenvalue weighted by atomic mass is 9.57. The minimum Gasteiger partial charge on any atom is -0.344 e. The average molecular weight is 474 g/mol. The van der Waals surface area contributed by atoms with Crippen molar-refractivity contribution in [1.29, 1.82) is 0 Å². The van der Waals surface area contributed by atoms with E-state index in [-0.39, 0.29) is 13.7 Å². The molecule has 0 unspecified atom stereocenters. The van der Waals surface area contributed by atoms with Crippen molar-refractivity contribution in [3.05, 3.63) is 148 Å². The van der Waals surface area contributed by atoms with Gasteiger partial charge in [-0.1, -0.05) is 97.1 Å².